The second-order valence-electron chi connectivity index (χ2n) is 8.30. The summed E-state index contributed by atoms with van der Waals surface area (Å²) >= 11 is 0. The van der Waals surface area contributed by atoms with Gasteiger partial charge >= 0.3 is 0 Å². The van der Waals surface area contributed by atoms with Crippen LogP contribution >= 0.6 is 0 Å². The van der Waals surface area contributed by atoms with Crippen molar-refractivity contribution in [3.05, 3.63) is 59.2 Å². The lowest BCUT2D eigenvalue weighted by atomic mass is 9.78. The van der Waals surface area contributed by atoms with E-state index in [4.69, 9.17) is 9.97 Å². The van der Waals surface area contributed by atoms with E-state index in [0.29, 0.717) is 5.92 Å². The molecule has 1 fully saturated rings. The van der Waals surface area contributed by atoms with E-state index in [-0.39, 0.29) is 0 Å². The van der Waals surface area contributed by atoms with Gasteiger partial charge in [0.1, 0.15) is 5.82 Å². The fraction of sp³-hybridized carbons (Fsp3) is 0.600. The lowest BCUT2D eigenvalue weighted by Crippen LogP contribution is -2.14. The van der Waals surface area contributed by atoms with Gasteiger partial charge in [0.25, 0.3) is 0 Å². The van der Waals surface area contributed by atoms with E-state index in [1.165, 1.54) is 80.9 Å². The molecule has 2 aromatic rings. The van der Waals surface area contributed by atoms with Gasteiger partial charge in [0.15, 0.2) is 0 Å². The first-order chi connectivity index (χ1) is 13.3. The Morgan fingerprint density at radius 1 is 0.704 bits per heavy atom. The quantitative estimate of drug-likeness (QED) is 0.448. The lowest BCUT2D eigenvalue weighted by molar-refractivity contribution is 0.385. The maximum Gasteiger partial charge on any atom is 0.131 e. The molecule has 0 amide bonds. The number of rotatable bonds is 9. The van der Waals surface area contributed by atoms with Crippen molar-refractivity contribution in [1.29, 1.82) is 0 Å². The van der Waals surface area contributed by atoms with Crippen LogP contribution in [0.3, 0.4) is 0 Å². The molecule has 1 aliphatic rings. The summed E-state index contributed by atoms with van der Waals surface area (Å²) in [6, 6.07) is 9.38. The van der Waals surface area contributed by atoms with Gasteiger partial charge in [-0.25, -0.2) is 9.97 Å². The fourth-order valence-corrected chi connectivity index (χ4v) is 4.39. The molecule has 1 aromatic carbocycles. The summed E-state index contributed by atoms with van der Waals surface area (Å²) < 4.78 is 0. The third-order valence-electron chi connectivity index (χ3n) is 6.13. The molecule has 1 saturated carbocycles. The largest absolute Gasteiger partial charge is 0.241 e. The third-order valence-corrected chi connectivity index (χ3v) is 6.13. The average molecular weight is 365 g/mol. The first kappa shape index (κ1) is 20.0. The zero-order valence-corrected chi connectivity index (χ0v) is 17.3. The van der Waals surface area contributed by atoms with E-state index < -0.39 is 0 Å². The van der Waals surface area contributed by atoms with E-state index in [1.807, 2.05) is 0 Å². The predicted octanol–water partition coefficient (Wildman–Crippen LogP) is 6.99. The van der Waals surface area contributed by atoms with Crippen LogP contribution in [-0.4, -0.2) is 9.97 Å². The van der Waals surface area contributed by atoms with Crippen LogP contribution in [-0.2, 0) is 12.8 Å². The standard InChI is InChI=1S/C25H36N2/c1-3-5-6-7-9-21-18-26-25(27-19-21)24-16-14-23(15-17-24)22-12-10-20(8-4-2)11-13-22/h10-13,18-19,23-24H,3-9,14-17H2,1-2H3. The number of aromatic nitrogens is 2. The van der Waals surface area contributed by atoms with Crippen LogP contribution in [0.4, 0.5) is 0 Å². The number of nitrogens with zero attached hydrogens (tertiary/aromatic N) is 2. The smallest absolute Gasteiger partial charge is 0.131 e. The Bertz CT molecular complexity index is 652. The Labute approximate surface area is 165 Å². The molecule has 0 N–H and O–H groups in total. The maximum absolute atomic E-state index is 4.72. The highest BCUT2D eigenvalue weighted by Gasteiger charge is 2.25. The average Bonchev–Trinajstić information content (AvgIpc) is 2.73. The van der Waals surface area contributed by atoms with Gasteiger partial charge in [-0.3, -0.25) is 0 Å². The summed E-state index contributed by atoms with van der Waals surface area (Å²) in [4.78, 5) is 9.44. The van der Waals surface area contributed by atoms with E-state index in [9.17, 15) is 0 Å². The summed E-state index contributed by atoms with van der Waals surface area (Å²) in [5.41, 5.74) is 4.30. The van der Waals surface area contributed by atoms with Gasteiger partial charge in [0.05, 0.1) is 0 Å². The molecule has 2 heteroatoms. The molecule has 0 spiro atoms. The van der Waals surface area contributed by atoms with Gasteiger partial charge in [-0.2, -0.15) is 0 Å². The first-order valence-corrected chi connectivity index (χ1v) is 11.2. The molecule has 3 rings (SSSR count). The lowest BCUT2D eigenvalue weighted by Gasteiger charge is -2.28. The Balaban J connectivity index is 1.48. The molecule has 0 radical (unpaired) electrons. The second kappa shape index (κ2) is 10.6. The van der Waals surface area contributed by atoms with Crippen molar-refractivity contribution >= 4 is 0 Å². The predicted molar refractivity (Wildman–Crippen MR) is 114 cm³/mol. The summed E-state index contributed by atoms with van der Waals surface area (Å²) in [5.74, 6) is 2.34. The van der Waals surface area contributed by atoms with E-state index in [0.717, 1.165) is 18.2 Å². The van der Waals surface area contributed by atoms with Crippen molar-refractivity contribution in [2.75, 3.05) is 0 Å². The van der Waals surface area contributed by atoms with Gasteiger partial charge in [-0.1, -0.05) is 63.8 Å². The van der Waals surface area contributed by atoms with Crippen LogP contribution in [0.15, 0.2) is 36.7 Å². The minimum Gasteiger partial charge on any atom is -0.241 e. The molecule has 1 heterocycles. The molecule has 0 saturated heterocycles. The molecule has 1 aromatic heterocycles. The van der Waals surface area contributed by atoms with Crippen LogP contribution in [0, 0.1) is 0 Å². The topological polar surface area (TPSA) is 25.8 Å². The first-order valence-electron chi connectivity index (χ1n) is 11.2. The molecular formula is C25H36N2. The van der Waals surface area contributed by atoms with Crippen molar-refractivity contribution in [3.8, 4) is 0 Å². The Kier molecular flexibility index (Phi) is 7.86. The minimum atomic E-state index is 0.551. The van der Waals surface area contributed by atoms with Gasteiger partial charge in [0, 0.05) is 18.3 Å². The van der Waals surface area contributed by atoms with Crippen molar-refractivity contribution < 1.29 is 0 Å². The Morgan fingerprint density at radius 3 is 2.00 bits per heavy atom. The Morgan fingerprint density at radius 2 is 1.37 bits per heavy atom. The van der Waals surface area contributed by atoms with Gasteiger partial charge in [-0.15, -0.1) is 0 Å². The highest BCUT2D eigenvalue weighted by molar-refractivity contribution is 5.26. The highest BCUT2D eigenvalue weighted by Crippen LogP contribution is 2.39. The zero-order chi connectivity index (χ0) is 18.9. The van der Waals surface area contributed by atoms with E-state index in [2.05, 4.69) is 50.5 Å². The van der Waals surface area contributed by atoms with Crippen LogP contribution < -0.4 is 0 Å². The number of hydrogen-bond acceptors (Lipinski definition) is 2. The van der Waals surface area contributed by atoms with Crippen molar-refractivity contribution in [2.24, 2.45) is 0 Å². The van der Waals surface area contributed by atoms with Gasteiger partial charge in [-0.05, 0) is 67.6 Å². The van der Waals surface area contributed by atoms with Crippen LogP contribution in [0.1, 0.15) is 106 Å². The van der Waals surface area contributed by atoms with Crippen molar-refractivity contribution in [2.45, 2.75) is 96.3 Å². The Hall–Kier alpha value is -1.70. The minimum absolute atomic E-state index is 0.551. The van der Waals surface area contributed by atoms with Crippen LogP contribution in [0.25, 0.3) is 0 Å². The molecule has 27 heavy (non-hydrogen) atoms. The molecule has 2 nitrogen and oxygen atoms in total. The second-order valence-corrected chi connectivity index (χ2v) is 8.30. The van der Waals surface area contributed by atoms with Crippen molar-refractivity contribution in [1.82, 2.24) is 9.97 Å². The van der Waals surface area contributed by atoms with Crippen LogP contribution in [0.2, 0.25) is 0 Å². The van der Waals surface area contributed by atoms with Crippen LogP contribution in [0.5, 0.6) is 0 Å². The normalized spacial score (nSPS) is 19.9. The van der Waals surface area contributed by atoms with Gasteiger partial charge < -0.3 is 0 Å². The summed E-state index contributed by atoms with van der Waals surface area (Å²) in [7, 11) is 0. The fourth-order valence-electron chi connectivity index (χ4n) is 4.39. The zero-order valence-electron chi connectivity index (χ0n) is 17.3. The highest BCUT2D eigenvalue weighted by atomic mass is 14.9. The maximum atomic E-state index is 4.72. The monoisotopic (exact) mass is 364 g/mol. The number of aryl methyl sites for hydroxylation is 2. The van der Waals surface area contributed by atoms with E-state index >= 15 is 0 Å². The molecule has 0 atom stereocenters. The van der Waals surface area contributed by atoms with E-state index in [1.54, 1.807) is 0 Å². The number of benzene rings is 1. The molecule has 0 aliphatic heterocycles. The molecule has 0 bridgehead atoms. The summed E-state index contributed by atoms with van der Waals surface area (Å²) in [5, 5.41) is 0. The summed E-state index contributed by atoms with van der Waals surface area (Å²) in [6.07, 6.45) is 17.9. The number of hydrogen-bond donors (Lipinski definition) is 0. The summed E-state index contributed by atoms with van der Waals surface area (Å²) in [6.45, 7) is 4.50. The molecule has 1 aliphatic carbocycles. The SMILES string of the molecule is CCCCCCc1cnc(C2CCC(c3ccc(CCC)cc3)CC2)nc1. The van der Waals surface area contributed by atoms with Crippen molar-refractivity contribution in [3.63, 3.8) is 0 Å². The third kappa shape index (κ3) is 5.89. The molecule has 146 valence electrons. The number of unbranched alkanes of at least 4 members (excludes halogenated alkanes) is 3. The van der Waals surface area contributed by atoms with Gasteiger partial charge in [0.2, 0.25) is 0 Å². The molecular weight excluding hydrogens is 328 g/mol. The molecule has 0 unspecified atom stereocenters.